The lowest BCUT2D eigenvalue weighted by atomic mass is 10.1. The smallest absolute Gasteiger partial charge is 0.417 e. The SMILES string of the molecule is CCCCCS(=O)(=O)NC(=O)C=Cc1ccc(OCCC2(C)OCCO2)cc1Oc1ncc(C(F)(F)F)cc1Cl. The second-order valence-corrected chi connectivity index (χ2v) is 11.3. The van der Waals surface area contributed by atoms with E-state index in [4.69, 9.17) is 30.5 Å². The number of carbonyl (C=O) groups is 1. The Labute approximate surface area is 235 Å². The van der Waals surface area contributed by atoms with Gasteiger partial charge < -0.3 is 18.9 Å². The Morgan fingerprint density at radius 2 is 1.95 bits per heavy atom. The van der Waals surface area contributed by atoms with Crippen LogP contribution < -0.4 is 14.2 Å². The maximum Gasteiger partial charge on any atom is 0.417 e. The second kappa shape index (κ2) is 13.7. The topological polar surface area (TPSA) is 113 Å². The maximum absolute atomic E-state index is 13.0. The number of nitrogens with one attached hydrogen (secondary N) is 1. The molecule has 40 heavy (non-hydrogen) atoms. The van der Waals surface area contributed by atoms with Crippen LogP contribution in [0.4, 0.5) is 13.2 Å². The van der Waals surface area contributed by atoms with E-state index in [0.717, 1.165) is 12.5 Å². The first kappa shape index (κ1) is 31.7. The molecule has 0 atom stereocenters. The number of rotatable bonds is 13. The van der Waals surface area contributed by atoms with E-state index in [1.165, 1.54) is 18.2 Å². The Hall–Kier alpha value is -2.87. The molecule has 9 nitrogen and oxygen atoms in total. The predicted octanol–water partition coefficient (Wildman–Crippen LogP) is 5.73. The van der Waals surface area contributed by atoms with Gasteiger partial charge >= 0.3 is 6.18 Å². The van der Waals surface area contributed by atoms with E-state index in [0.29, 0.717) is 50.5 Å². The van der Waals surface area contributed by atoms with Crippen LogP contribution >= 0.6 is 11.6 Å². The first-order valence-corrected chi connectivity index (χ1v) is 14.5. The molecule has 1 N–H and O–H groups in total. The second-order valence-electron chi connectivity index (χ2n) is 9.07. The van der Waals surface area contributed by atoms with E-state index in [-0.39, 0.29) is 29.6 Å². The molecule has 1 saturated heterocycles. The molecule has 14 heteroatoms. The van der Waals surface area contributed by atoms with E-state index >= 15 is 0 Å². The largest absolute Gasteiger partial charge is 0.493 e. The molecule has 0 aliphatic carbocycles. The molecular weight excluding hydrogens is 577 g/mol. The number of amides is 1. The Kier molecular flexibility index (Phi) is 10.8. The minimum Gasteiger partial charge on any atom is -0.493 e. The molecule has 3 rings (SSSR count). The molecule has 0 unspecified atom stereocenters. The van der Waals surface area contributed by atoms with Crippen LogP contribution in [0.25, 0.3) is 6.08 Å². The summed E-state index contributed by atoms with van der Waals surface area (Å²) in [6.07, 6.45) is 0.586. The zero-order valence-corrected chi connectivity index (χ0v) is 23.5. The summed E-state index contributed by atoms with van der Waals surface area (Å²) >= 11 is 6.01. The molecular formula is C26H30ClF3N2O7S. The monoisotopic (exact) mass is 606 g/mol. The summed E-state index contributed by atoms with van der Waals surface area (Å²) < 4.78 is 87.8. The summed E-state index contributed by atoms with van der Waals surface area (Å²) in [5.74, 6) is -1.78. The van der Waals surface area contributed by atoms with E-state index in [9.17, 15) is 26.4 Å². The molecule has 1 aliphatic rings. The van der Waals surface area contributed by atoms with E-state index < -0.39 is 38.5 Å². The van der Waals surface area contributed by atoms with Gasteiger partial charge in [-0.25, -0.2) is 18.1 Å². The van der Waals surface area contributed by atoms with Crippen molar-refractivity contribution in [3.63, 3.8) is 0 Å². The summed E-state index contributed by atoms with van der Waals surface area (Å²) in [4.78, 5) is 16.0. The van der Waals surface area contributed by atoms with Gasteiger partial charge in [0.15, 0.2) is 5.79 Å². The number of ether oxygens (including phenoxy) is 4. The fourth-order valence-corrected chi connectivity index (χ4v) is 4.86. The van der Waals surface area contributed by atoms with Gasteiger partial charge in [-0.15, -0.1) is 0 Å². The summed E-state index contributed by atoms with van der Waals surface area (Å²) in [6, 6.07) is 5.21. The average molecular weight is 607 g/mol. The molecule has 1 aromatic heterocycles. The first-order chi connectivity index (χ1) is 18.8. The van der Waals surface area contributed by atoms with Crippen molar-refractivity contribution in [3.8, 4) is 17.4 Å². The maximum atomic E-state index is 13.0. The molecule has 2 heterocycles. The number of pyridine rings is 1. The Morgan fingerprint density at radius 1 is 1.23 bits per heavy atom. The average Bonchev–Trinajstić information content (AvgIpc) is 3.30. The lowest BCUT2D eigenvalue weighted by molar-refractivity contribution is -0.150. The van der Waals surface area contributed by atoms with Gasteiger partial charge in [-0.1, -0.05) is 31.4 Å². The third-order valence-electron chi connectivity index (χ3n) is 5.74. The van der Waals surface area contributed by atoms with Gasteiger partial charge in [-0.2, -0.15) is 13.2 Å². The highest BCUT2D eigenvalue weighted by atomic mass is 35.5. The van der Waals surface area contributed by atoms with Gasteiger partial charge in [0, 0.05) is 30.3 Å². The van der Waals surface area contributed by atoms with Crippen molar-refractivity contribution < 1.29 is 45.3 Å². The minimum atomic E-state index is -4.65. The number of halogens is 4. The van der Waals surface area contributed by atoms with Gasteiger partial charge in [0.1, 0.15) is 16.5 Å². The van der Waals surface area contributed by atoms with Crippen LogP contribution in [0, 0.1) is 0 Å². The fourth-order valence-electron chi connectivity index (χ4n) is 3.59. The molecule has 1 aromatic carbocycles. The molecule has 1 aliphatic heterocycles. The molecule has 0 spiro atoms. The van der Waals surface area contributed by atoms with Crippen LogP contribution in [0.1, 0.15) is 50.7 Å². The van der Waals surface area contributed by atoms with Crippen molar-refractivity contribution in [2.75, 3.05) is 25.6 Å². The van der Waals surface area contributed by atoms with Crippen LogP contribution in [0.2, 0.25) is 5.02 Å². The van der Waals surface area contributed by atoms with Crippen LogP contribution in [-0.4, -0.2) is 50.7 Å². The summed E-state index contributed by atoms with van der Waals surface area (Å²) in [5.41, 5.74) is -0.776. The van der Waals surface area contributed by atoms with E-state index in [2.05, 4.69) is 4.98 Å². The number of hydrogen-bond donors (Lipinski definition) is 1. The van der Waals surface area contributed by atoms with Gasteiger partial charge in [-0.05, 0) is 37.6 Å². The Bertz CT molecular complexity index is 1310. The van der Waals surface area contributed by atoms with Crippen molar-refractivity contribution in [2.45, 2.75) is 51.5 Å². The van der Waals surface area contributed by atoms with Crippen molar-refractivity contribution in [1.82, 2.24) is 9.71 Å². The van der Waals surface area contributed by atoms with Crippen LogP contribution in [-0.2, 0) is 30.5 Å². The van der Waals surface area contributed by atoms with Crippen molar-refractivity contribution in [3.05, 3.63) is 52.7 Å². The van der Waals surface area contributed by atoms with Crippen LogP contribution in [0.3, 0.4) is 0 Å². The third kappa shape index (κ3) is 9.65. The standard InChI is InChI=1S/C26H30ClF3N2O7S/c1-3-4-5-14-40(34,35)32-23(33)9-7-18-6-8-20(36-11-10-25(2)37-12-13-38-25)16-22(18)39-24-21(27)15-19(17-31-24)26(28,29)30/h6-9,15-17H,3-5,10-14H2,1-2H3,(H,32,33). The van der Waals surface area contributed by atoms with Crippen LogP contribution in [0.15, 0.2) is 36.5 Å². The molecule has 0 radical (unpaired) electrons. The van der Waals surface area contributed by atoms with Gasteiger partial charge in [0.2, 0.25) is 15.9 Å². The highest BCUT2D eigenvalue weighted by molar-refractivity contribution is 7.90. The van der Waals surface area contributed by atoms with Gasteiger partial charge in [-0.3, -0.25) is 4.79 Å². The molecule has 220 valence electrons. The number of aromatic nitrogens is 1. The Morgan fingerprint density at radius 3 is 2.60 bits per heavy atom. The molecule has 2 aromatic rings. The lowest BCUT2D eigenvalue weighted by Crippen LogP contribution is -2.31. The number of unbranched alkanes of at least 4 members (excludes halogenated alkanes) is 2. The quantitative estimate of drug-likeness (QED) is 0.227. The predicted molar refractivity (Wildman–Crippen MR) is 142 cm³/mol. The molecule has 1 amide bonds. The lowest BCUT2D eigenvalue weighted by Gasteiger charge is -2.22. The highest BCUT2D eigenvalue weighted by Crippen LogP contribution is 2.37. The van der Waals surface area contributed by atoms with Crippen molar-refractivity contribution in [1.29, 1.82) is 0 Å². The molecule has 1 fully saturated rings. The Balaban J connectivity index is 1.80. The number of benzene rings is 1. The number of sulfonamides is 1. The van der Waals surface area contributed by atoms with E-state index in [1.807, 2.05) is 11.6 Å². The summed E-state index contributed by atoms with van der Waals surface area (Å²) in [6.45, 7) is 4.88. The molecule has 0 saturated carbocycles. The zero-order chi connectivity index (χ0) is 29.4. The number of carbonyl (C=O) groups excluding carboxylic acids is 1. The van der Waals surface area contributed by atoms with Crippen molar-refractivity contribution >= 4 is 33.6 Å². The number of hydrogen-bond acceptors (Lipinski definition) is 8. The molecule has 0 bridgehead atoms. The van der Waals surface area contributed by atoms with Gasteiger partial charge in [0.25, 0.3) is 5.91 Å². The zero-order valence-electron chi connectivity index (χ0n) is 21.9. The third-order valence-corrected chi connectivity index (χ3v) is 7.35. The van der Waals surface area contributed by atoms with Crippen molar-refractivity contribution in [2.24, 2.45) is 0 Å². The number of alkyl halides is 3. The fraction of sp³-hybridized carbons (Fsp3) is 0.462. The van der Waals surface area contributed by atoms with Crippen LogP contribution in [0.5, 0.6) is 17.4 Å². The highest BCUT2D eigenvalue weighted by Gasteiger charge is 2.32. The minimum absolute atomic E-state index is 0.0427. The summed E-state index contributed by atoms with van der Waals surface area (Å²) in [5, 5.41) is -0.393. The van der Waals surface area contributed by atoms with E-state index in [1.54, 1.807) is 13.0 Å². The number of nitrogens with zero attached hydrogens (tertiary/aromatic N) is 1. The first-order valence-electron chi connectivity index (χ1n) is 12.5. The summed E-state index contributed by atoms with van der Waals surface area (Å²) in [7, 11) is -3.81. The van der Waals surface area contributed by atoms with Gasteiger partial charge in [0.05, 0.1) is 31.1 Å². The normalized spacial score (nSPS) is 15.3.